The van der Waals surface area contributed by atoms with Crippen LogP contribution in [0.3, 0.4) is 0 Å². The number of carbonyl (C=O) groups excluding carboxylic acids is 3. The van der Waals surface area contributed by atoms with Crippen molar-refractivity contribution < 1.29 is 58.2 Å². The third-order valence-electron chi connectivity index (χ3n) is 16.3. The Balaban J connectivity index is 2.62. The smallest absolute Gasteiger partial charge is 0.335 e. The monoisotopic (exact) mass is 1200 g/mol. The van der Waals surface area contributed by atoms with Gasteiger partial charge in [-0.2, -0.15) is 0 Å². The quantitative estimate of drug-likeness (QED) is 0.0228. The molecule has 0 aliphatic carbocycles. The molecule has 1 aliphatic heterocycles. The van der Waals surface area contributed by atoms with Crippen molar-refractivity contribution in [2.45, 2.75) is 379 Å². The molecule has 1 fully saturated rings. The Morgan fingerprint density at radius 2 is 0.706 bits per heavy atom. The van der Waals surface area contributed by atoms with Crippen LogP contribution in [0.5, 0.6) is 0 Å². The van der Waals surface area contributed by atoms with E-state index in [2.05, 4.69) is 69.4 Å². The fourth-order valence-corrected chi connectivity index (χ4v) is 10.9. The molecule has 12 nitrogen and oxygen atoms in total. The van der Waals surface area contributed by atoms with Gasteiger partial charge >= 0.3 is 23.9 Å². The molecular weight excluding hydrogens is 1070 g/mol. The number of hydrogen-bond donors (Lipinski definition) is 3. The first-order valence-corrected chi connectivity index (χ1v) is 35.6. The Morgan fingerprint density at radius 1 is 0.388 bits per heavy atom. The fourth-order valence-electron chi connectivity index (χ4n) is 10.9. The second-order valence-corrected chi connectivity index (χ2v) is 24.5. The van der Waals surface area contributed by atoms with Gasteiger partial charge in [0.25, 0.3) is 0 Å². The van der Waals surface area contributed by atoms with Crippen molar-refractivity contribution in [3.63, 3.8) is 0 Å². The van der Waals surface area contributed by atoms with Crippen molar-refractivity contribution in [3.05, 3.63) is 48.6 Å². The van der Waals surface area contributed by atoms with Crippen molar-refractivity contribution in [2.75, 3.05) is 13.2 Å². The molecule has 1 aliphatic rings. The van der Waals surface area contributed by atoms with E-state index >= 15 is 0 Å². The van der Waals surface area contributed by atoms with Crippen molar-refractivity contribution in [1.82, 2.24) is 0 Å². The molecule has 1 rings (SSSR count). The van der Waals surface area contributed by atoms with Gasteiger partial charge in [0, 0.05) is 19.3 Å². The Hall–Kier alpha value is -3.32. The molecule has 6 unspecified atom stereocenters. The molecule has 1 heterocycles. The molecule has 6 atom stereocenters. The second-order valence-electron chi connectivity index (χ2n) is 24.5. The molecule has 0 aromatic carbocycles. The maximum atomic E-state index is 13.2. The molecule has 0 radical (unpaired) electrons. The summed E-state index contributed by atoms with van der Waals surface area (Å²) in [7, 11) is 0. The van der Waals surface area contributed by atoms with Crippen LogP contribution < -0.4 is 0 Å². The highest BCUT2D eigenvalue weighted by Gasteiger charge is 2.50. The van der Waals surface area contributed by atoms with Crippen LogP contribution in [0.25, 0.3) is 0 Å². The zero-order valence-corrected chi connectivity index (χ0v) is 54.9. The topological polar surface area (TPSA) is 175 Å². The summed E-state index contributed by atoms with van der Waals surface area (Å²) >= 11 is 0. The standard InChI is InChI=1S/C73H130O12/c1-4-7-10-13-16-19-22-25-28-31-33-36-38-41-44-47-50-53-56-59-65(74)81-62-64(83-66(75)60-57-54-51-48-45-42-39-35-30-27-24-21-18-15-12-9-6-3)63-82-73-71(69(78)68(77)70(85-73)72(79)80)84-67(76)61-58-55-52-49-46-43-40-37-34-32-29-26-23-20-17-14-11-8-5-2/h16,19,25-30,64,68-71,73,77-78H,4-15,17-18,20-24,31-63H2,1-3H3,(H,79,80)/b19-16-,28-25-,29-26-,30-27-. The number of carboxylic acids is 1. The molecule has 85 heavy (non-hydrogen) atoms. The van der Waals surface area contributed by atoms with Crippen LogP contribution in [0.1, 0.15) is 342 Å². The molecular formula is C73H130O12. The lowest BCUT2D eigenvalue weighted by Crippen LogP contribution is -2.61. The van der Waals surface area contributed by atoms with E-state index < -0.39 is 67.3 Å². The number of allylic oxidation sites excluding steroid dienone is 8. The first-order chi connectivity index (χ1) is 41.6. The highest BCUT2D eigenvalue weighted by Crippen LogP contribution is 2.27. The number of aliphatic carboxylic acids is 1. The summed E-state index contributed by atoms with van der Waals surface area (Å²) < 4.78 is 28.6. The molecule has 3 N–H and O–H groups in total. The summed E-state index contributed by atoms with van der Waals surface area (Å²) in [5, 5.41) is 31.7. The molecule has 0 aromatic heterocycles. The number of aliphatic hydroxyl groups is 2. The van der Waals surface area contributed by atoms with Crippen LogP contribution in [-0.4, -0.2) is 89.2 Å². The number of aliphatic hydroxyl groups excluding tert-OH is 2. The molecule has 0 aromatic rings. The fraction of sp³-hybridized carbons (Fsp3) is 0.836. The predicted molar refractivity (Wildman–Crippen MR) is 349 cm³/mol. The molecule has 0 spiro atoms. The lowest BCUT2D eigenvalue weighted by atomic mass is 9.98. The summed E-state index contributed by atoms with van der Waals surface area (Å²) in [5.41, 5.74) is 0. The number of hydrogen-bond acceptors (Lipinski definition) is 11. The summed E-state index contributed by atoms with van der Waals surface area (Å²) in [6.45, 7) is 6.02. The van der Waals surface area contributed by atoms with E-state index in [1.807, 2.05) is 0 Å². The maximum absolute atomic E-state index is 13.2. The summed E-state index contributed by atoms with van der Waals surface area (Å²) in [6, 6.07) is 0. The van der Waals surface area contributed by atoms with Crippen molar-refractivity contribution in [1.29, 1.82) is 0 Å². The highest BCUT2D eigenvalue weighted by atomic mass is 16.7. The van der Waals surface area contributed by atoms with Gasteiger partial charge in [0.05, 0.1) is 6.61 Å². The van der Waals surface area contributed by atoms with Gasteiger partial charge in [-0.05, 0) is 103 Å². The first kappa shape index (κ1) is 79.7. The van der Waals surface area contributed by atoms with E-state index in [-0.39, 0.29) is 25.9 Å². The highest BCUT2D eigenvalue weighted by molar-refractivity contribution is 5.74. The SMILES string of the molecule is CCCCC/C=C\C/C=C\CCCCCCCCCCCC(=O)OCC(COC1OC(C(=O)O)C(O)C(O)C1OC(=O)CCCCCCCCCCC/C=C\CCCCCCCC)OC(=O)CCCCCCCCC/C=C\CCCCCCCC. The molecule has 0 amide bonds. The van der Waals surface area contributed by atoms with Gasteiger partial charge in [-0.1, -0.05) is 268 Å². The van der Waals surface area contributed by atoms with Gasteiger partial charge in [-0.3, -0.25) is 14.4 Å². The minimum absolute atomic E-state index is 0.0597. The molecule has 0 saturated carbocycles. The zero-order valence-electron chi connectivity index (χ0n) is 54.9. The first-order valence-electron chi connectivity index (χ1n) is 35.6. The third-order valence-corrected chi connectivity index (χ3v) is 16.3. The van der Waals surface area contributed by atoms with E-state index in [4.69, 9.17) is 23.7 Å². The number of unbranched alkanes of at least 4 members (excludes halogenated alkanes) is 40. The lowest BCUT2D eigenvalue weighted by molar-refractivity contribution is -0.301. The largest absolute Gasteiger partial charge is 0.479 e. The summed E-state index contributed by atoms with van der Waals surface area (Å²) in [5.74, 6) is -3.10. The van der Waals surface area contributed by atoms with Gasteiger partial charge in [-0.15, -0.1) is 0 Å². The Kier molecular flexibility index (Phi) is 57.1. The Morgan fingerprint density at radius 3 is 1.09 bits per heavy atom. The van der Waals surface area contributed by atoms with Crippen LogP contribution in [0, 0.1) is 0 Å². The number of rotatable bonds is 62. The van der Waals surface area contributed by atoms with Crippen molar-refractivity contribution >= 4 is 23.9 Å². The second kappa shape index (κ2) is 60.9. The van der Waals surface area contributed by atoms with Crippen LogP contribution >= 0.6 is 0 Å². The van der Waals surface area contributed by atoms with Gasteiger partial charge in [-0.25, -0.2) is 4.79 Å². The third kappa shape index (κ3) is 50.3. The lowest BCUT2D eigenvalue weighted by Gasteiger charge is -2.40. The molecule has 0 bridgehead atoms. The summed E-state index contributed by atoms with van der Waals surface area (Å²) in [4.78, 5) is 51.5. The minimum Gasteiger partial charge on any atom is -0.479 e. The van der Waals surface area contributed by atoms with Crippen LogP contribution in [0.15, 0.2) is 48.6 Å². The van der Waals surface area contributed by atoms with Crippen molar-refractivity contribution in [3.8, 4) is 0 Å². The predicted octanol–water partition coefficient (Wildman–Crippen LogP) is 19.7. The van der Waals surface area contributed by atoms with Gasteiger partial charge in [0.15, 0.2) is 24.6 Å². The zero-order chi connectivity index (χ0) is 61.7. The minimum atomic E-state index is -1.90. The summed E-state index contributed by atoms with van der Waals surface area (Å²) in [6.07, 6.45) is 63.4. The number of ether oxygens (including phenoxy) is 5. The van der Waals surface area contributed by atoms with Gasteiger partial charge in [0.2, 0.25) is 0 Å². The number of esters is 3. The molecule has 1 saturated heterocycles. The Labute approximate surface area is 520 Å². The average molecular weight is 1200 g/mol. The van der Waals surface area contributed by atoms with E-state index in [9.17, 15) is 34.5 Å². The van der Waals surface area contributed by atoms with Gasteiger partial charge < -0.3 is 39.0 Å². The van der Waals surface area contributed by atoms with Crippen molar-refractivity contribution in [2.24, 2.45) is 0 Å². The maximum Gasteiger partial charge on any atom is 0.335 e. The normalized spacial score (nSPS) is 17.7. The van der Waals surface area contributed by atoms with E-state index in [1.54, 1.807) is 0 Å². The van der Waals surface area contributed by atoms with Crippen LogP contribution in [-0.2, 0) is 42.9 Å². The van der Waals surface area contributed by atoms with Crippen LogP contribution in [0.4, 0.5) is 0 Å². The average Bonchev–Trinajstić information content (AvgIpc) is 3.51. The van der Waals surface area contributed by atoms with E-state index in [1.165, 1.54) is 186 Å². The van der Waals surface area contributed by atoms with Crippen LogP contribution in [0.2, 0.25) is 0 Å². The number of carboxylic acid groups (broad SMARTS) is 1. The number of carbonyl (C=O) groups is 4. The van der Waals surface area contributed by atoms with E-state index in [0.29, 0.717) is 19.3 Å². The Bertz CT molecular complexity index is 1660. The van der Waals surface area contributed by atoms with E-state index in [0.717, 1.165) is 96.3 Å². The van der Waals surface area contributed by atoms with Gasteiger partial charge in [0.1, 0.15) is 18.8 Å². The molecule has 494 valence electrons. The molecule has 12 heteroatoms.